The van der Waals surface area contributed by atoms with Crippen LogP contribution in [0.4, 0.5) is 0 Å². The third-order valence-corrected chi connectivity index (χ3v) is 6.24. The first-order valence-corrected chi connectivity index (χ1v) is 11.3. The average molecular weight is 423 g/mol. The number of quaternary nitrogens is 1. The Balaban J connectivity index is 1.59. The van der Waals surface area contributed by atoms with Crippen LogP contribution in [0.1, 0.15) is 41.9 Å². The van der Waals surface area contributed by atoms with Gasteiger partial charge in [0.25, 0.3) is 0 Å². The fourth-order valence-electron chi connectivity index (χ4n) is 3.98. The monoisotopic (exact) mass is 422 g/mol. The summed E-state index contributed by atoms with van der Waals surface area (Å²) in [5.41, 5.74) is 1.29. The number of thiophene rings is 1. The van der Waals surface area contributed by atoms with Gasteiger partial charge in [0, 0.05) is 12.5 Å². The van der Waals surface area contributed by atoms with Gasteiger partial charge in [0.05, 0.1) is 11.1 Å². The molecule has 0 bridgehead atoms. The summed E-state index contributed by atoms with van der Waals surface area (Å²) in [5.74, 6) is 2.30. The second-order valence-electron chi connectivity index (χ2n) is 7.89. The Morgan fingerprint density at radius 2 is 1.90 bits per heavy atom. The van der Waals surface area contributed by atoms with Crippen LogP contribution in [-0.2, 0) is 26.1 Å². The van der Waals surface area contributed by atoms with Gasteiger partial charge in [-0.15, -0.1) is 16.4 Å². The predicted octanol–water partition coefficient (Wildman–Crippen LogP) is 3.55. The summed E-state index contributed by atoms with van der Waals surface area (Å²) in [6, 6.07) is 18.9. The molecule has 1 unspecified atom stereocenters. The summed E-state index contributed by atoms with van der Waals surface area (Å²) in [6.07, 6.45) is 2.65. The quantitative estimate of drug-likeness (QED) is 0.425. The molecular weight excluding hydrogens is 394 g/mol. The lowest BCUT2D eigenvalue weighted by Crippen LogP contribution is -3.10. The van der Waals surface area contributed by atoms with Crippen molar-refractivity contribution in [3.63, 3.8) is 0 Å². The van der Waals surface area contributed by atoms with Crippen molar-refractivity contribution >= 4 is 11.3 Å². The minimum atomic E-state index is 0.156. The molecule has 1 aromatic carbocycles. The zero-order valence-electron chi connectivity index (χ0n) is 17.4. The van der Waals surface area contributed by atoms with Crippen LogP contribution in [0.25, 0.3) is 0 Å². The Bertz CT molecular complexity index is 959. The van der Waals surface area contributed by atoms with E-state index in [4.69, 9.17) is 4.42 Å². The lowest BCUT2D eigenvalue weighted by Gasteiger charge is -2.29. The molecule has 0 fully saturated rings. The molecule has 0 amide bonds. The van der Waals surface area contributed by atoms with E-state index in [1.54, 1.807) is 17.6 Å². The van der Waals surface area contributed by atoms with Crippen molar-refractivity contribution < 1.29 is 9.32 Å². The lowest BCUT2D eigenvalue weighted by molar-refractivity contribution is -0.963. The summed E-state index contributed by atoms with van der Waals surface area (Å²) < 4.78 is 7.67. The third kappa shape index (κ3) is 5.04. The van der Waals surface area contributed by atoms with Crippen molar-refractivity contribution in [1.82, 2.24) is 20.2 Å². The van der Waals surface area contributed by atoms with Gasteiger partial charge in [0.15, 0.2) is 11.8 Å². The number of hydrogen-bond donors (Lipinski definition) is 1. The highest BCUT2D eigenvalue weighted by atomic mass is 32.1. The van der Waals surface area contributed by atoms with Crippen LogP contribution in [0.2, 0.25) is 0 Å². The third-order valence-electron chi connectivity index (χ3n) is 5.36. The molecule has 0 radical (unpaired) electrons. The topological polar surface area (TPSA) is 61.2 Å². The van der Waals surface area contributed by atoms with Crippen LogP contribution < -0.4 is 4.90 Å². The molecule has 6 nitrogen and oxygen atoms in total. The summed E-state index contributed by atoms with van der Waals surface area (Å²) in [5, 5.41) is 15.0. The molecule has 30 heavy (non-hydrogen) atoms. The van der Waals surface area contributed by atoms with Gasteiger partial charge >= 0.3 is 0 Å². The molecule has 0 aliphatic heterocycles. The zero-order chi connectivity index (χ0) is 20.8. The van der Waals surface area contributed by atoms with Gasteiger partial charge in [-0.25, -0.2) is 4.68 Å². The van der Waals surface area contributed by atoms with Crippen molar-refractivity contribution in [2.75, 3.05) is 0 Å². The van der Waals surface area contributed by atoms with E-state index in [1.165, 1.54) is 15.3 Å². The molecule has 0 aliphatic rings. The predicted molar refractivity (Wildman–Crippen MR) is 117 cm³/mol. The fourth-order valence-corrected chi connectivity index (χ4v) is 4.74. The Hall–Kier alpha value is -2.77. The molecule has 0 aliphatic carbocycles. The summed E-state index contributed by atoms with van der Waals surface area (Å²) >= 11 is 1.79. The Kier molecular flexibility index (Phi) is 6.71. The smallest absolute Gasteiger partial charge is 0.209 e. The SMILES string of the molecule is CC(C)[C@@H](c1nnnn1CCc1ccccc1)[NH+](Cc1ccco1)Cc1cccs1. The highest BCUT2D eigenvalue weighted by Crippen LogP contribution is 2.19. The maximum atomic E-state index is 5.69. The van der Waals surface area contributed by atoms with Crippen LogP contribution in [0.5, 0.6) is 0 Å². The van der Waals surface area contributed by atoms with Crippen LogP contribution in [0.15, 0.2) is 70.7 Å². The highest BCUT2D eigenvalue weighted by molar-refractivity contribution is 7.09. The number of aromatic nitrogens is 4. The molecule has 0 spiro atoms. The van der Waals surface area contributed by atoms with E-state index in [0.29, 0.717) is 5.92 Å². The van der Waals surface area contributed by atoms with E-state index < -0.39 is 0 Å². The Morgan fingerprint density at radius 1 is 1.03 bits per heavy atom. The molecule has 0 saturated heterocycles. The lowest BCUT2D eigenvalue weighted by atomic mass is 10.0. The number of nitrogens with one attached hydrogen (secondary N) is 1. The Labute approximate surface area is 181 Å². The van der Waals surface area contributed by atoms with E-state index in [2.05, 4.69) is 71.2 Å². The minimum absolute atomic E-state index is 0.156. The largest absolute Gasteiger partial charge is 0.463 e. The van der Waals surface area contributed by atoms with Crippen molar-refractivity contribution in [2.45, 2.75) is 45.9 Å². The van der Waals surface area contributed by atoms with Crippen molar-refractivity contribution in [2.24, 2.45) is 5.92 Å². The molecule has 3 heterocycles. The molecule has 3 aromatic heterocycles. The molecule has 4 aromatic rings. The number of rotatable bonds is 10. The van der Waals surface area contributed by atoms with Crippen LogP contribution in [0.3, 0.4) is 0 Å². The standard InChI is InChI=1S/C23H27N5OS/c1-18(2)22(23-24-25-26-28(23)13-12-19-8-4-3-5-9-19)27(16-20-10-6-14-29-20)17-21-11-7-15-30-21/h3-11,14-15,18,22H,12-13,16-17H2,1-2H3/p+1/t22-/m0/s1. The fraction of sp³-hybridized carbons (Fsp3) is 0.348. The second kappa shape index (κ2) is 9.82. The maximum Gasteiger partial charge on any atom is 0.209 e. The van der Waals surface area contributed by atoms with Crippen LogP contribution in [-0.4, -0.2) is 20.2 Å². The van der Waals surface area contributed by atoms with Gasteiger partial charge in [-0.1, -0.05) is 50.2 Å². The summed E-state index contributed by atoms with van der Waals surface area (Å²) in [4.78, 5) is 2.74. The van der Waals surface area contributed by atoms with Gasteiger partial charge in [0.2, 0.25) is 5.82 Å². The molecule has 156 valence electrons. The molecule has 7 heteroatoms. The van der Waals surface area contributed by atoms with Gasteiger partial charge in [-0.3, -0.25) is 0 Å². The van der Waals surface area contributed by atoms with Crippen molar-refractivity contribution in [3.8, 4) is 0 Å². The summed E-state index contributed by atoms with van der Waals surface area (Å²) in [6.45, 7) is 6.96. The first kappa shape index (κ1) is 20.5. The van der Waals surface area contributed by atoms with Gasteiger partial charge < -0.3 is 9.32 Å². The van der Waals surface area contributed by atoms with E-state index >= 15 is 0 Å². The number of tetrazole rings is 1. The number of nitrogens with zero attached hydrogens (tertiary/aromatic N) is 4. The number of furan rings is 1. The van der Waals surface area contributed by atoms with Crippen LogP contribution >= 0.6 is 11.3 Å². The van der Waals surface area contributed by atoms with Gasteiger partial charge in [-0.2, -0.15) is 0 Å². The van der Waals surface area contributed by atoms with E-state index in [1.807, 2.05) is 22.9 Å². The van der Waals surface area contributed by atoms with Crippen molar-refractivity contribution in [3.05, 3.63) is 88.3 Å². The van der Waals surface area contributed by atoms with Gasteiger partial charge in [0.1, 0.15) is 13.1 Å². The number of aryl methyl sites for hydroxylation is 2. The van der Waals surface area contributed by atoms with E-state index in [9.17, 15) is 0 Å². The normalized spacial score (nSPS) is 13.6. The molecule has 2 atom stereocenters. The molecule has 0 saturated carbocycles. The second-order valence-corrected chi connectivity index (χ2v) is 8.92. The minimum Gasteiger partial charge on any atom is -0.463 e. The number of hydrogen-bond acceptors (Lipinski definition) is 5. The van der Waals surface area contributed by atoms with Crippen molar-refractivity contribution in [1.29, 1.82) is 0 Å². The average Bonchev–Trinajstić information content (AvgIpc) is 3.51. The zero-order valence-corrected chi connectivity index (χ0v) is 18.3. The van der Waals surface area contributed by atoms with E-state index in [-0.39, 0.29) is 6.04 Å². The van der Waals surface area contributed by atoms with Gasteiger partial charge in [-0.05, 0) is 46.0 Å². The molecule has 4 rings (SSSR count). The van der Waals surface area contributed by atoms with Crippen LogP contribution in [0, 0.1) is 5.92 Å². The first-order valence-electron chi connectivity index (χ1n) is 10.4. The molecule has 1 N–H and O–H groups in total. The first-order chi connectivity index (χ1) is 14.7. The maximum absolute atomic E-state index is 5.69. The van der Waals surface area contributed by atoms with E-state index in [0.717, 1.165) is 37.6 Å². The summed E-state index contributed by atoms with van der Waals surface area (Å²) in [7, 11) is 0. The molecular formula is C23H28N5OS+. The Morgan fingerprint density at radius 3 is 2.60 bits per heavy atom. The number of benzene rings is 1. The highest BCUT2D eigenvalue weighted by Gasteiger charge is 2.33.